The monoisotopic (exact) mass is 273 g/mol. The van der Waals surface area contributed by atoms with Crippen LogP contribution < -0.4 is 0 Å². The molecule has 0 spiro atoms. The summed E-state index contributed by atoms with van der Waals surface area (Å²) < 4.78 is 2.11. The number of rotatable bonds is 3. The Balaban J connectivity index is 1.80. The van der Waals surface area contributed by atoms with E-state index in [2.05, 4.69) is 21.5 Å². The molecule has 106 valence electrons. The van der Waals surface area contributed by atoms with E-state index in [9.17, 15) is 4.79 Å². The molecule has 0 unspecified atom stereocenters. The number of carboxylic acids is 1. The van der Waals surface area contributed by atoms with Gasteiger partial charge >= 0.3 is 5.97 Å². The lowest BCUT2D eigenvalue weighted by atomic mass is 9.83. The van der Waals surface area contributed by atoms with Gasteiger partial charge in [-0.2, -0.15) is 0 Å². The molecular formula is C15H19N3O2. The standard InChI is InChI=1S/C15H19N3O2/c1-10-2-4-11(5-3-10)8-18-9-17-12-6-13(15(19)20)16-7-14(12)18/h6-7,9-11H,2-5,8H2,1H3,(H,19,20). The van der Waals surface area contributed by atoms with Gasteiger partial charge in [-0.3, -0.25) is 0 Å². The molecule has 1 aliphatic carbocycles. The van der Waals surface area contributed by atoms with Gasteiger partial charge < -0.3 is 9.67 Å². The van der Waals surface area contributed by atoms with Gasteiger partial charge in [0.25, 0.3) is 0 Å². The van der Waals surface area contributed by atoms with Crippen molar-refractivity contribution in [3.63, 3.8) is 0 Å². The SMILES string of the molecule is CC1CCC(Cn2cnc3cc(C(=O)O)ncc32)CC1. The van der Waals surface area contributed by atoms with Crippen molar-refractivity contribution in [2.75, 3.05) is 0 Å². The number of aromatic nitrogens is 3. The number of hydrogen-bond acceptors (Lipinski definition) is 3. The number of fused-ring (bicyclic) bond motifs is 1. The maximum Gasteiger partial charge on any atom is 0.354 e. The summed E-state index contributed by atoms with van der Waals surface area (Å²) in [4.78, 5) is 19.2. The van der Waals surface area contributed by atoms with E-state index in [4.69, 9.17) is 5.11 Å². The first kappa shape index (κ1) is 13.1. The van der Waals surface area contributed by atoms with E-state index in [1.54, 1.807) is 12.5 Å². The van der Waals surface area contributed by atoms with Crippen molar-refractivity contribution in [2.24, 2.45) is 11.8 Å². The van der Waals surface area contributed by atoms with Gasteiger partial charge in [0.15, 0.2) is 0 Å². The Morgan fingerprint density at radius 3 is 2.80 bits per heavy atom. The van der Waals surface area contributed by atoms with Crippen molar-refractivity contribution >= 4 is 17.0 Å². The zero-order valence-electron chi connectivity index (χ0n) is 11.6. The topological polar surface area (TPSA) is 68.0 Å². The van der Waals surface area contributed by atoms with E-state index in [1.165, 1.54) is 31.7 Å². The summed E-state index contributed by atoms with van der Waals surface area (Å²) in [6.07, 6.45) is 8.56. The highest BCUT2D eigenvalue weighted by Gasteiger charge is 2.19. The smallest absolute Gasteiger partial charge is 0.354 e. The molecule has 1 fully saturated rings. The molecular weight excluding hydrogens is 254 g/mol. The maximum atomic E-state index is 10.9. The fraction of sp³-hybridized carbons (Fsp3) is 0.533. The van der Waals surface area contributed by atoms with E-state index < -0.39 is 5.97 Å². The number of aromatic carboxylic acids is 1. The Morgan fingerprint density at radius 2 is 2.10 bits per heavy atom. The Morgan fingerprint density at radius 1 is 1.35 bits per heavy atom. The summed E-state index contributed by atoms with van der Waals surface area (Å²) in [5.74, 6) is 0.538. The molecule has 2 aromatic heterocycles. The van der Waals surface area contributed by atoms with Crippen LogP contribution in [0.25, 0.3) is 11.0 Å². The molecule has 0 aromatic carbocycles. The molecule has 1 aliphatic rings. The van der Waals surface area contributed by atoms with Crippen molar-refractivity contribution in [1.82, 2.24) is 14.5 Å². The normalized spacial score (nSPS) is 23.1. The van der Waals surface area contributed by atoms with Crippen LogP contribution >= 0.6 is 0 Å². The molecule has 5 nitrogen and oxygen atoms in total. The minimum atomic E-state index is -1.01. The highest BCUT2D eigenvalue weighted by molar-refractivity contribution is 5.89. The Kier molecular flexibility index (Phi) is 3.42. The molecule has 5 heteroatoms. The highest BCUT2D eigenvalue weighted by atomic mass is 16.4. The van der Waals surface area contributed by atoms with Gasteiger partial charge in [0.1, 0.15) is 5.69 Å². The van der Waals surface area contributed by atoms with Gasteiger partial charge in [-0.15, -0.1) is 0 Å². The fourth-order valence-corrected chi connectivity index (χ4v) is 3.01. The van der Waals surface area contributed by atoms with Gasteiger partial charge in [-0.1, -0.05) is 19.8 Å². The van der Waals surface area contributed by atoms with Crippen LogP contribution in [0.1, 0.15) is 43.1 Å². The second-order valence-electron chi connectivity index (χ2n) is 5.89. The first-order valence-corrected chi connectivity index (χ1v) is 7.17. The lowest BCUT2D eigenvalue weighted by molar-refractivity contribution is 0.0690. The molecule has 3 rings (SSSR count). The van der Waals surface area contributed by atoms with E-state index >= 15 is 0 Å². The first-order valence-electron chi connectivity index (χ1n) is 7.17. The number of pyridine rings is 1. The molecule has 2 heterocycles. The molecule has 2 aromatic rings. The lowest BCUT2D eigenvalue weighted by Crippen LogP contribution is -2.17. The Labute approximate surface area is 117 Å². The van der Waals surface area contributed by atoms with Gasteiger partial charge in [0.05, 0.1) is 23.6 Å². The summed E-state index contributed by atoms with van der Waals surface area (Å²) in [6, 6.07) is 1.54. The van der Waals surface area contributed by atoms with Crippen LogP contribution in [-0.4, -0.2) is 25.6 Å². The van der Waals surface area contributed by atoms with Crippen LogP contribution in [0.15, 0.2) is 18.6 Å². The van der Waals surface area contributed by atoms with Crippen molar-refractivity contribution in [3.8, 4) is 0 Å². The summed E-state index contributed by atoms with van der Waals surface area (Å²) >= 11 is 0. The highest BCUT2D eigenvalue weighted by Crippen LogP contribution is 2.30. The molecule has 1 saturated carbocycles. The largest absolute Gasteiger partial charge is 0.477 e. The number of carbonyl (C=O) groups is 1. The van der Waals surface area contributed by atoms with Gasteiger partial charge in [-0.05, 0) is 30.7 Å². The van der Waals surface area contributed by atoms with Crippen LogP contribution in [0, 0.1) is 11.8 Å². The molecule has 0 bridgehead atoms. The van der Waals surface area contributed by atoms with Crippen LogP contribution in [0.5, 0.6) is 0 Å². The third-order valence-electron chi connectivity index (χ3n) is 4.32. The summed E-state index contributed by atoms with van der Waals surface area (Å²) in [6.45, 7) is 3.28. The van der Waals surface area contributed by atoms with Crippen molar-refractivity contribution in [2.45, 2.75) is 39.2 Å². The second kappa shape index (κ2) is 5.23. The average Bonchev–Trinajstić information content (AvgIpc) is 2.84. The van der Waals surface area contributed by atoms with Gasteiger partial charge in [0.2, 0.25) is 0 Å². The third-order valence-corrected chi connectivity index (χ3v) is 4.32. The second-order valence-corrected chi connectivity index (χ2v) is 5.89. The van der Waals surface area contributed by atoms with Crippen LogP contribution in [0.3, 0.4) is 0 Å². The molecule has 0 aliphatic heterocycles. The van der Waals surface area contributed by atoms with E-state index in [1.807, 2.05) is 0 Å². The van der Waals surface area contributed by atoms with Crippen molar-refractivity contribution < 1.29 is 9.90 Å². The third kappa shape index (κ3) is 2.53. The van der Waals surface area contributed by atoms with Crippen molar-refractivity contribution in [3.05, 3.63) is 24.3 Å². The predicted octanol–water partition coefficient (Wildman–Crippen LogP) is 2.96. The summed E-state index contributed by atoms with van der Waals surface area (Å²) in [5, 5.41) is 8.94. The number of nitrogens with zero attached hydrogens (tertiary/aromatic N) is 3. The molecule has 1 N–H and O–H groups in total. The zero-order chi connectivity index (χ0) is 14.1. The number of carboxylic acid groups (broad SMARTS) is 1. The molecule has 20 heavy (non-hydrogen) atoms. The van der Waals surface area contributed by atoms with Crippen molar-refractivity contribution in [1.29, 1.82) is 0 Å². The van der Waals surface area contributed by atoms with E-state index in [0.29, 0.717) is 11.4 Å². The Hall–Kier alpha value is -1.91. The molecule has 0 radical (unpaired) electrons. The quantitative estimate of drug-likeness (QED) is 0.933. The Bertz CT molecular complexity index is 627. The van der Waals surface area contributed by atoms with Crippen LogP contribution in [0.2, 0.25) is 0 Å². The molecule has 0 atom stereocenters. The van der Waals surface area contributed by atoms with Crippen LogP contribution in [0.4, 0.5) is 0 Å². The summed E-state index contributed by atoms with van der Waals surface area (Å²) in [7, 11) is 0. The fourth-order valence-electron chi connectivity index (χ4n) is 3.01. The van der Waals surface area contributed by atoms with Gasteiger partial charge in [0, 0.05) is 6.54 Å². The summed E-state index contributed by atoms with van der Waals surface area (Å²) in [5.41, 5.74) is 1.68. The van der Waals surface area contributed by atoms with Gasteiger partial charge in [-0.25, -0.2) is 14.8 Å². The average molecular weight is 273 g/mol. The van der Waals surface area contributed by atoms with Crippen LogP contribution in [-0.2, 0) is 6.54 Å². The number of imidazole rings is 1. The van der Waals surface area contributed by atoms with E-state index in [-0.39, 0.29) is 5.69 Å². The minimum absolute atomic E-state index is 0.0502. The van der Waals surface area contributed by atoms with E-state index in [0.717, 1.165) is 18.0 Å². The molecule has 0 saturated heterocycles. The minimum Gasteiger partial charge on any atom is -0.477 e. The zero-order valence-corrected chi connectivity index (χ0v) is 11.6. The maximum absolute atomic E-state index is 10.9. The number of hydrogen-bond donors (Lipinski definition) is 1. The predicted molar refractivity (Wildman–Crippen MR) is 75.6 cm³/mol. The first-order chi connectivity index (χ1) is 9.63. The lowest BCUT2D eigenvalue weighted by Gasteiger charge is -2.26. The molecule has 0 amide bonds.